The predicted molar refractivity (Wildman–Crippen MR) is 137 cm³/mol. The molecule has 0 aromatic heterocycles. The summed E-state index contributed by atoms with van der Waals surface area (Å²) in [6.45, 7) is 1.20. The molecule has 4 aliphatic carbocycles. The van der Waals surface area contributed by atoms with Crippen LogP contribution in [0.5, 0.6) is 0 Å². The highest BCUT2D eigenvalue weighted by atomic mass is 16.6. The highest BCUT2D eigenvalue weighted by Crippen LogP contribution is 2.44. The Bertz CT molecular complexity index is 831. The smallest absolute Gasteiger partial charge is 0.407 e. The zero-order valence-electron chi connectivity index (χ0n) is 21.9. The van der Waals surface area contributed by atoms with Gasteiger partial charge in [0.15, 0.2) is 0 Å². The summed E-state index contributed by atoms with van der Waals surface area (Å²) < 4.78 is 20.6. The van der Waals surface area contributed by atoms with Gasteiger partial charge in [-0.25, -0.2) is 9.59 Å². The summed E-state index contributed by atoms with van der Waals surface area (Å²) in [6.07, 6.45) is 14.7. The Morgan fingerprint density at radius 1 is 0.553 bits per heavy atom. The summed E-state index contributed by atoms with van der Waals surface area (Å²) >= 11 is 0. The number of allylic oxidation sites excluding steroid dienone is 4. The van der Waals surface area contributed by atoms with E-state index in [0.717, 1.165) is 51.4 Å². The maximum absolute atomic E-state index is 12.1. The van der Waals surface area contributed by atoms with Gasteiger partial charge in [-0.05, 0) is 62.2 Å². The van der Waals surface area contributed by atoms with Gasteiger partial charge < -0.3 is 29.6 Å². The summed E-state index contributed by atoms with van der Waals surface area (Å²) in [5, 5.41) is 5.36. The number of esters is 2. The summed E-state index contributed by atoms with van der Waals surface area (Å²) in [6, 6.07) is 0. The van der Waals surface area contributed by atoms with Gasteiger partial charge in [0.1, 0.15) is 26.4 Å². The summed E-state index contributed by atoms with van der Waals surface area (Å²) in [4.78, 5) is 47.7. The fourth-order valence-electron chi connectivity index (χ4n) is 5.96. The first kappa shape index (κ1) is 28.0. The van der Waals surface area contributed by atoms with Crippen molar-refractivity contribution in [3.05, 3.63) is 24.3 Å². The molecule has 2 N–H and O–H groups in total. The average molecular weight is 533 g/mol. The van der Waals surface area contributed by atoms with Crippen LogP contribution >= 0.6 is 0 Å². The zero-order chi connectivity index (χ0) is 26.7. The van der Waals surface area contributed by atoms with Gasteiger partial charge >= 0.3 is 24.1 Å². The van der Waals surface area contributed by atoms with E-state index < -0.39 is 12.2 Å². The molecule has 4 bridgehead atoms. The predicted octanol–water partition coefficient (Wildman–Crippen LogP) is 3.51. The van der Waals surface area contributed by atoms with E-state index in [1.807, 2.05) is 0 Å². The SMILES string of the molecule is O=C(NCCCCCCNC(=O)OCCOC(=O)C1CC2C=CC1C2)OCCOC(=O)C1CC2C=CC1C2. The Morgan fingerprint density at radius 2 is 0.974 bits per heavy atom. The molecule has 0 saturated heterocycles. The van der Waals surface area contributed by atoms with Gasteiger partial charge in [-0.3, -0.25) is 9.59 Å². The molecule has 10 heteroatoms. The van der Waals surface area contributed by atoms with E-state index in [9.17, 15) is 19.2 Å². The quantitative estimate of drug-likeness (QED) is 0.142. The first-order chi connectivity index (χ1) is 18.5. The van der Waals surface area contributed by atoms with Crippen molar-refractivity contribution in [2.24, 2.45) is 35.5 Å². The van der Waals surface area contributed by atoms with Crippen molar-refractivity contribution >= 4 is 24.1 Å². The lowest BCUT2D eigenvalue weighted by Gasteiger charge is -2.16. The largest absolute Gasteiger partial charge is 0.462 e. The highest BCUT2D eigenvalue weighted by molar-refractivity contribution is 5.74. The van der Waals surface area contributed by atoms with Gasteiger partial charge in [-0.2, -0.15) is 0 Å². The summed E-state index contributed by atoms with van der Waals surface area (Å²) in [5.41, 5.74) is 0. The second kappa shape index (κ2) is 14.2. The molecule has 2 fully saturated rings. The van der Waals surface area contributed by atoms with Gasteiger partial charge in [0.05, 0.1) is 11.8 Å². The van der Waals surface area contributed by atoms with E-state index in [1.54, 1.807) is 0 Å². The first-order valence-corrected chi connectivity index (χ1v) is 14.0. The van der Waals surface area contributed by atoms with Crippen LogP contribution in [0.3, 0.4) is 0 Å². The van der Waals surface area contributed by atoms with Crippen molar-refractivity contribution in [1.82, 2.24) is 10.6 Å². The van der Waals surface area contributed by atoms with Crippen molar-refractivity contribution in [1.29, 1.82) is 0 Å². The number of ether oxygens (including phenoxy) is 4. The number of hydrogen-bond donors (Lipinski definition) is 2. The molecular formula is C28H40N2O8. The van der Waals surface area contributed by atoms with Crippen LogP contribution in [-0.4, -0.2) is 63.6 Å². The molecule has 6 atom stereocenters. The standard InChI is InChI=1S/C28H40N2O8/c31-25(23-17-19-5-7-21(23)15-19)35-11-13-37-27(33)29-9-3-1-2-4-10-30-28(34)38-14-12-36-26(32)24-18-20-6-8-22(24)16-20/h5-8,19-24H,1-4,9-18H2,(H,29,33)(H,30,34). The molecule has 2 amide bonds. The Kier molecular flexibility index (Phi) is 10.5. The van der Waals surface area contributed by atoms with Gasteiger partial charge in [-0.1, -0.05) is 37.1 Å². The van der Waals surface area contributed by atoms with Gasteiger partial charge in [0.25, 0.3) is 0 Å². The molecular weight excluding hydrogens is 492 g/mol. The van der Waals surface area contributed by atoms with Crippen molar-refractivity contribution in [3.8, 4) is 0 Å². The van der Waals surface area contributed by atoms with E-state index in [4.69, 9.17) is 18.9 Å². The molecule has 0 aliphatic heterocycles. The molecule has 210 valence electrons. The van der Waals surface area contributed by atoms with Crippen LogP contribution in [0, 0.1) is 35.5 Å². The van der Waals surface area contributed by atoms with Crippen molar-refractivity contribution in [3.63, 3.8) is 0 Å². The summed E-state index contributed by atoms with van der Waals surface area (Å²) in [5.74, 6) is 1.14. The van der Waals surface area contributed by atoms with Gasteiger partial charge in [-0.15, -0.1) is 0 Å². The van der Waals surface area contributed by atoms with Crippen LogP contribution in [0.25, 0.3) is 0 Å². The van der Waals surface area contributed by atoms with Gasteiger partial charge in [0.2, 0.25) is 0 Å². The third kappa shape index (κ3) is 8.23. The Morgan fingerprint density at radius 3 is 1.34 bits per heavy atom. The van der Waals surface area contributed by atoms with E-state index in [-0.39, 0.29) is 50.2 Å². The number of unbranched alkanes of at least 4 members (excludes halogenated alkanes) is 3. The lowest BCUT2D eigenvalue weighted by molar-refractivity contribution is -0.151. The maximum Gasteiger partial charge on any atom is 0.407 e. The van der Waals surface area contributed by atoms with Crippen LogP contribution in [0.1, 0.15) is 51.4 Å². The minimum absolute atomic E-state index is 0.0391. The molecule has 2 saturated carbocycles. The molecule has 0 heterocycles. The van der Waals surface area contributed by atoms with E-state index in [2.05, 4.69) is 34.9 Å². The minimum Gasteiger partial charge on any atom is -0.462 e. The fourth-order valence-corrected chi connectivity index (χ4v) is 5.96. The lowest BCUT2D eigenvalue weighted by Crippen LogP contribution is -2.28. The zero-order valence-corrected chi connectivity index (χ0v) is 21.9. The van der Waals surface area contributed by atoms with Crippen LogP contribution < -0.4 is 10.6 Å². The number of amides is 2. The van der Waals surface area contributed by atoms with Crippen LogP contribution in [0.4, 0.5) is 9.59 Å². The monoisotopic (exact) mass is 532 g/mol. The number of nitrogens with one attached hydrogen (secondary N) is 2. The van der Waals surface area contributed by atoms with Crippen LogP contribution in [0.2, 0.25) is 0 Å². The van der Waals surface area contributed by atoms with Crippen LogP contribution in [-0.2, 0) is 28.5 Å². The fraction of sp³-hybridized carbons (Fsp3) is 0.714. The number of alkyl carbamates (subject to hydrolysis) is 2. The second-order valence-electron chi connectivity index (χ2n) is 10.6. The van der Waals surface area contributed by atoms with Crippen LogP contribution in [0.15, 0.2) is 24.3 Å². The maximum atomic E-state index is 12.1. The Hall–Kier alpha value is -3.04. The average Bonchev–Trinajstić information content (AvgIpc) is 3.73. The normalized spacial score (nSPS) is 27.8. The Labute approximate surface area is 223 Å². The Balaban J connectivity index is 0.887. The molecule has 4 rings (SSSR count). The molecule has 10 nitrogen and oxygen atoms in total. The van der Waals surface area contributed by atoms with E-state index in [0.29, 0.717) is 36.8 Å². The second-order valence-corrected chi connectivity index (χ2v) is 10.6. The molecule has 0 radical (unpaired) electrons. The van der Waals surface area contributed by atoms with Crippen molar-refractivity contribution in [2.45, 2.75) is 51.4 Å². The first-order valence-electron chi connectivity index (χ1n) is 14.0. The number of fused-ring (bicyclic) bond motifs is 4. The third-order valence-electron chi connectivity index (χ3n) is 7.93. The molecule has 4 aliphatic rings. The molecule has 38 heavy (non-hydrogen) atoms. The number of rotatable bonds is 15. The molecule has 0 aromatic carbocycles. The van der Waals surface area contributed by atoms with Crippen molar-refractivity contribution in [2.75, 3.05) is 39.5 Å². The lowest BCUT2D eigenvalue weighted by atomic mass is 9.94. The summed E-state index contributed by atoms with van der Waals surface area (Å²) in [7, 11) is 0. The van der Waals surface area contributed by atoms with Gasteiger partial charge in [0, 0.05) is 13.1 Å². The highest BCUT2D eigenvalue weighted by Gasteiger charge is 2.41. The molecule has 6 unspecified atom stereocenters. The van der Waals surface area contributed by atoms with E-state index in [1.165, 1.54) is 0 Å². The number of hydrogen-bond acceptors (Lipinski definition) is 8. The number of carbonyl (C=O) groups excluding carboxylic acids is 4. The van der Waals surface area contributed by atoms with Crippen molar-refractivity contribution < 1.29 is 38.1 Å². The van der Waals surface area contributed by atoms with E-state index >= 15 is 0 Å². The third-order valence-corrected chi connectivity index (χ3v) is 7.93. The molecule has 0 aromatic rings. The topological polar surface area (TPSA) is 129 Å². The number of carbonyl (C=O) groups is 4. The minimum atomic E-state index is -0.522. The molecule has 0 spiro atoms.